The molecule has 126 valence electrons. The monoisotopic (exact) mass is 296 g/mol. The smallest absolute Gasteiger partial charge is 0.0143 e. The number of hydrogen-bond donors (Lipinski definition) is 2. The van der Waals surface area contributed by atoms with Gasteiger partial charge in [-0.3, -0.25) is 0 Å². The molecule has 0 unspecified atom stereocenters. The fourth-order valence-corrected chi connectivity index (χ4v) is 2.33. The van der Waals surface area contributed by atoms with E-state index in [9.17, 15) is 0 Å². The van der Waals surface area contributed by atoms with Crippen molar-refractivity contribution < 1.29 is 0 Å². The van der Waals surface area contributed by atoms with Crippen LogP contribution in [0.15, 0.2) is 12.3 Å². The summed E-state index contributed by atoms with van der Waals surface area (Å²) in [6, 6.07) is 0.636. The van der Waals surface area contributed by atoms with Crippen molar-refractivity contribution in [1.82, 2.24) is 10.6 Å². The SMILES string of the molecule is C=C(NCCCCCCCCCCCNC(C)C)C(C)C. The van der Waals surface area contributed by atoms with Crippen molar-refractivity contribution in [2.45, 2.75) is 91.5 Å². The highest BCUT2D eigenvalue weighted by Gasteiger charge is 1.98. The molecule has 0 atom stereocenters. The van der Waals surface area contributed by atoms with Crippen molar-refractivity contribution in [1.29, 1.82) is 0 Å². The van der Waals surface area contributed by atoms with Crippen LogP contribution in [0.1, 0.15) is 85.5 Å². The van der Waals surface area contributed by atoms with E-state index in [1.54, 1.807) is 0 Å². The van der Waals surface area contributed by atoms with E-state index in [1.165, 1.54) is 70.0 Å². The molecule has 0 saturated carbocycles. The van der Waals surface area contributed by atoms with E-state index in [0.717, 1.165) is 6.54 Å². The molecule has 21 heavy (non-hydrogen) atoms. The third-order valence-corrected chi connectivity index (χ3v) is 3.96. The van der Waals surface area contributed by atoms with Gasteiger partial charge in [0.05, 0.1) is 0 Å². The maximum Gasteiger partial charge on any atom is 0.0143 e. The first-order chi connectivity index (χ1) is 10.0. The molecule has 0 aromatic rings. The predicted molar refractivity (Wildman–Crippen MR) is 96.7 cm³/mol. The zero-order valence-electron chi connectivity index (χ0n) is 15.1. The molecular formula is C19H40N2. The highest BCUT2D eigenvalue weighted by Crippen LogP contribution is 2.10. The summed E-state index contributed by atoms with van der Waals surface area (Å²) in [6.45, 7) is 15.1. The van der Waals surface area contributed by atoms with E-state index in [2.05, 4.69) is 44.9 Å². The van der Waals surface area contributed by atoms with Crippen molar-refractivity contribution in [3.05, 3.63) is 12.3 Å². The van der Waals surface area contributed by atoms with Crippen molar-refractivity contribution in [3.63, 3.8) is 0 Å². The first kappa shape index (κ1) is 20.5. The summed E-state index contributed by atoms with van der Waals surface area (Å²) in [5, 5.41) is 6.90. The van der Waals surface area contributed by atoms with Gasteiger partial charge in [0, 0.05) is 18.3 Å². The van der Waals surface area contributed by atoms with Crippen molar-refractivity contribution in [3.8, 4) is 0 Å². The van der Waals surface area contributed by atoms with Crippen molar-refractivity contribution >= 4 is 0 Å². The fourth-order valence-electron chi connectivity index (χ4n) is 2.33. The van der Waals surface area contributed by atoms with Gasteiger partial charge in [0.1, 0.15) is 0 Å². The Morgan fingerprint density at radius 3 is 1.57 bits per heavy atom. The summed E-state index contributed by atoms with van der Waals surface area (Å²) in [5.74, 6) is 0.556. The minimum Gasteiger partial charge on any atom is -0.389 e. The van der Waals surface area contributed by atoms with Crippen LogP contribution in [0, 0.1) is 5.92 Å². The fraction of sp³-hybridized carbons (Fsp3) is 0.895. The van der Waals surface area contributed by atoms with Crippen LogP contribution in [0.3, 0.4) is 0 Å². The Hall–Kier alpha value is -0.500. The minimum absolute atomic E-state index is 0.556. The quantitative estimate of drug-likeness (QED) is 0.403. The van der Waals surface area contributed by atoms with Crippen LogP contribution in [0.4, 0.5) is 0 Å². The summed E-state index contributed by atoms with van der Waals surface area (Å²) >= 11 is 0. The molecule has 0 rings (SSSR count). The van der Waals surface area contributed by atoms with Crippen LogP contribution in [-0.4, -0.2) is 19.1 Å². The molecule has 0 aromatic carbocycles. The maximum atomic E-state index is 4.04. The molecule has 0 heterocycles. The topological polar surface area (TPSA) is 24.1 Å². The Morgan fingerprint density at radius 2 is 1.14 bits per heavy atom. The average Bonchev–Trinajstić information content (AvgIpc) is 2.43. The summed E-state index contributed by atoms with van der Waals surface area (Å²) in [5.41, 5.74) is 1.18. The molecule has 0 radical (unpaired) electrons. The number of unbranched alkanes of at least 4 members (excludes halogenated alkanes) is 8. The molecule has 0 bridgehead atoms. The van der Waals surface area contributed by atoms with Gasteiger partial charge in [-0.05, 0) is 25.3 Å². The number of nitrogens with one attached hydrogen (secondary N) is 2. The largest absolute Gasteiger partial charge is 0.389 e. The highest BCUT2D eigenvalue weighted by atomic mass is 14.9. The Labute approximate surface area is 134 Å². The second-order valence-corrected chi connectivity index (χ2v) is 6.90. The Morgan fingerprint density at radius 1 is 0.714 bits per heavy atom. The summed E-state index contributed by atoms with van der Waals surface area (Å²) in [7, 11) is 0. The second-order valence-electron chi connectivity index (χ2n) is 6.90. The second kappa shape index (κ2) is 14.4. The average molecular weight is 297 g/mol. The highest BCUT2D eigenvalue weighted by molar-refractivity contribution is 4.93. The number of rotatable bonds is 15. The van der Waals surface area contributed by atoms with E-state index in [4.69, 9.17) is 0 Å². The molecule has 0 spiro atoms. The summed E-state index contributed by atoms with van der Waals surface area (Å²) in [4.78, 5) is 0. The molecule has 2 heteroatoms. The van der Waals surface area contributed by atoms with Crippen LogP contribution in [0.2, 0.25) is 0 Å². The Bertz CT molecular complexity index is 234. The maximum absolute atomic E-state index is 4.04. The minimum atomic E-state index is 0.556. The molecule has 0 aliphatic rings. The van der Waals surface area contributed by atoms with Gasteiger partial charge in [-0.15, -0.1) is 0 Å². The Balaban J connectivity index is 3.08. The Kier molecular flexibility index (Phi) is 14.1. The van der Waals surface area contributed by atoms with Gasteiger partial charge in [0.25, 0.3) is 0 Å². The van der Waals surface area contributed by atoms with E-state index in [-0.39, 0.29) is 0 Å². The van der Waals surface area contributed by atoms with Crippen LogP contribution < -0.4 is 10.6 Å². The molecular weight excluding hydrogens is 256 g/mol. The molecule has 2 N–H and O–H groups in total. The first-order valence-corrected chi connectivity index (χ1v) is 9.20. The van der Waals surface area contributed by atoms with Gasteiger partial charge in [-0.2, -0.15) is 0 Å². The number of hydrogen-bond acceptors (Lipinski definition) is 2. The molecule has 0 aromatic heterocycles. The molecule has 0 saturated heterocycles. The van der Waals surface area contributed by atoms with Gasteiger partial charge >= 0.3 is 0 Å². The van der Waals surface area contributed by atoms with Crippen LogP contribution in [0.5, 0.6) is 0 Å². The normalized spacial score (nSPS) is 11.3. The molecule has 2 nitrogen and oxygen atoms in total. The lowest BCUT2D eigenvalue weighted by Crippen LogP contribution is -2.23. The lowest BCUT2D eigenvalue weighted by atomic mass is 10.1. The standard InChI is InChI=1S/C19H40N2/c1-17(2)19(5)21-16-14-12-10-8-6-7-9-11-13-15-20-18(3)4/h17-18,20-21H,5-16H2,1-4H3. The van der Waals surface area contributed by atoms with Gasteiger partial charge in [0.2, 0.25) is 0 Å². The third kappa shape index (κ3) is 15.7. The van der Waals surface area contributed by atoms with E-state index >= 15 is 0 Å². The van der Waals surface area contributed by atoms with E-state index < -0.39 is 0 Å². The van der Waals surface area contributed by atoms with Crippen LogP contribution in [0.25, 0.3) is 0 Å². The third-order valence-electron chi connectivity index (χ3n) is 3.96. The first-order valence-electron chi connectivity index (χ1n) is 9.20. The zero-order valence-corrected chi connectivity index (χ0v) is 15.1. The molecule has 0 fully saturated rings. The van der Waals surface area contributed by atoms with Crippen LogP contribution >= 0.6 is 0 Å². The van der Waals surface area contributed by atoms with E-state index in [0.29, 0.717) is 12.0 Å². The number of allylic oxidation sites excluding steroid dienone is 1. The van der Waals surface area contributed by atoms with Gasteiger partial charge in [0.15, 0.2) is 0 Å². The van der Waals surface area contributed by atoms with Crippen molar-refractivity contribution in [2.24, 2.45) is 5.92 Å². The van der Waals surface area contributed by atoms with E-state index in [1.807, 2.05) is 0 Å². The van der Waals surface area contributed by atoms with Gasteiger partial charge in [-0.25, -0.2) is 0 Å². The predicted octanol–water partition coefficient (Wildman–Crippen LogP) is 5.25. The van der Waals surface area contributed by atoms with Gasteiger partial charge in [-0.1, -0.05) is 79.2 Å². The lowest BCUT2D eigenvalue weighted by Gasteiger charge is -2.12. The molecule has 0 amide bonds. The molecule has 0 aliphatic carbocycles. The van der Waals surface area contributed by atoms with Gasteiger partial charge < -0.3 is 10.6 Å². The summed E-state index contributed by atoms with van der Waals surface area (Å²) < 4.78 is 0. The zero-order chi connectivity index (χ0) is 15.9. The van der Waals surface area contributed by atoms with Crippen LogP contribution in [-0.2, 0) is 0 Å². The van der Waals surface area contributed by atoms with Crippen molar-refractivity contribution in [2.75, 3.05) is 13.1 Å². The molecule has 0 aliphatic heterocycles. The lowest BCUT2D eigenvalue weighted by molar-refractivity contribution is 0.522. The summed E-state index contributed by atoms with van der Waals surface area (Å²) in [6.07, 6.45) is 12.4.